The summed E-state index contributed by atoms with van der Waals surface area (Å²) in [4.78, 5) is 15.2. The maximum absolute atomic E-state index is 13.5. The standard InChI is InChI=1S/C22H37N3O4/c1-15-13-25(16(2)14-26)22(27)19-11-18(23)8-9-20(19)29-17(3)7-5-6-10-28-21(15)12-24-4/h8-9,11,15-17,21,24,26H,5-7,10,12-14,23H2,1-4H3/t15-,16-,17+,21+/m0/s1. The van der Waals surface area contributed by atoms with Gasteiger partial charge in [0, 0.05) is 31.3 Å². The second-order valence-corrected chi connectivity index (χ2v) is 8.11. The van der Waals surface area contributed by atoms with Crippen LogP contribution in [0.1, 0.15) is 50.4 Å². The van der Waals surface area contributed by atoms with Gasteiger partial charge in [-0.15, -0.1) is 0 Å². The molecule has 0 spiro atoms. The highest BCUT2D eigenvalue weighted by Gasteiger charge is 2.29. The number of ether oxygens (including phenoxy) is 2. The minimum Gasteiger partial charge on any atom is -0.490 e. The van der Waals surface area contributed by atoms with Crippen LogP contribution in [0.5, 0.6) is 5.75 Å². The van der Waals surface area contributed by atoms with E-state index in [0.717, 1.165) is 19.3 Å². The summed E-state index contributed by atoms with van der Waals surface area (Å²) in [5, 5.41) is 13.0. The Morgan fingerprint density at radius 2 is 2.10 bits per heavy atom. The predicted octanol–water partition coefficient (Wildman–Crippen LogP) is 2.28. The number of hydrogen-bond acceptors (Lipinski definition) is 6. The lowest BCUT2D eigenvalue weighted by atomic mass is 10.0. The largest absolute Gasteiger partial charge is 0.490 e. The summed E-state index contributed by atoms with van der Waals surface area (Å²) in [6, 6.07) is 4.85. The van der Waals surface area contributed by atoms with Crippen LogP contribution in [0.4, 0.5) is 5.69 Å². The van der Waals surface area contributed by atoms with Crippen LogP contribution in [0.25, 0.3) is 0 Å². The summed E-state index contributed by atoms with van der Waals surface area (Å²) >= 11 is 0. The van der Waals surface area contributed by atoms with Crippen LogP contribution in [0.2, 0.25) is 0 Å². The highest BCUT2D eigenvalue weighted by atomic mass is 16.5. The smallest absolute Gasteiger partial charge is 0.258 e. The number of benzene rings is 1. The minimum absolute atomic E-state index is 0.0156. The maximum atomic E-state index is 13.5. The van der Waals surface area contributed by atoms with Crippen LogP contribution < -0.4 is 15.8 Å². The molecule has 4 N–H and O–H groups in total. The van der Waals surface area contributed by atoms with Crippen molar-refractivity contribution >= 4 is 11.6 Å². The van der Waals surface area contributed by atoms with E-state index in [-0.39, 0.29) is 36.7 Å². The summed E-state index contributed by atoms with van der Waals surface area (Å²) in [6.45, 7) is 7.67. The molecular formula is C22H37N3O4. The first-order valence-electron chi connectivity index (χ1n) is 10.6. The van der Waals surface area contributed by atoms with Crippen molar-refractivity contribution < 1.29 is 19.4 Å². The first-order chi connectivity index (χ1) is 13.9. The number of likely N-dealkylation sites (N-methyl/N-ethyl adjacent to an activating group) is 1. The van der Waals surface area contributed by atoms with Crippen molar-refractivity contribution in [3.63, 3.8) is 0 Å². The number of amides is 1. The van der Waals surface area contributed by atoms with Gasteiger partial charge in [0.1, 0.15) is 5.75 Å². The van der Waals surface area contributed by atoms with Crippen molar-refractivity contribution in [2.24, 2.45) is 5.92 Å². The van der Waals surface area contributed by atoms with E-state index in [0.29, 0.717) is 36.7 Å². The third kappa shape index (κ3) is 6.59. The Balaban J connectivity index is 2.41. The third-order valence-electron chi connectivity index (χ3n) is 5.48. The van der Waals surface area contributed by atoms with Gasteiger partial charge in [0.2, 0.25) is 0 Å². The van der Waals surface area contributed by atoms with Crippen molar-refractivity contribution in [3.05, 3.63) is 23.8 Å². The SMILES string of the molecule is CNC[C@H]1OCCCC[C@@H](C)Oc2ccc(N)cc2C(=O)N([C@@H](C)CO)C[C@@H]1C. The van der Waals surface area contributed by atoms with Gasteiger partial charge >= 0.3 is 0 Å². The Bertz CT molecular complexity index is 655. The second-order valence-electron chi connectivity index (χ2n) is 8.11. The monoisotopic (exact) mass is 407 g/mol. The molecule has 7 nitrogen and oxygen atoms in total. The fourth-order valence-corrected chi connectivity index (χ4v) is 3.63. The van der Waals surface area contributed by atoms with Crippen molar-refractivity contribution in [3.8, 4) is 5.75 Å². The molecule has 0 aromatic heterocycles. The fourth-order valence-electron chi connectivity index (χ4n) is 3.63. The number of nitrogens with zero attached hydrogens (tertiary/aromatic N) is 1. The summed E-state index contributed by atoms with van der Waals surface area (Å²) in [7, 11) is 1.90. The molecule has 1 amide bonds. The Kier molecular flexibility index (Phi) is 9.20. The molecule has 1 heterocycles. The topological polar surface area (TPSA) is 97.0 Å². The number of nitrogens with one attached hydrogen (secondary N) is 1. The summed E-state index contributed by atoms with van der Waals surface area (Å²) in [5.41, 5.74) is 6.93. The van der Waals surface area contributed by atoms with Crippen LogP contribution in [-0.2, 0) is 4.74 Å². The molecule has 164 valence electrons. The molecule has 0 aliphatic carbocycles. The molecule has 1 aromatic carbocycles. The Morgan fingerprint density at radius 1 is 1.34 bits per heavy atom. The van der Waals surface area contributed by atoms with Gasteiger partial charge in [-0.2, -0.15) is 0 Å². The van der Waals surface area contributed by atoms with Crippen LogP contribution in [0.3, 0.4) is 0 Å². The van der Waals surface area contributed by atoms with E-state index in [1.165, 1.54) is 0 Å². The lowest BCUT2D eigenvalue weighted by Gasteiger charge is -2.34. The van der Waals surface area contributed by atoms with E-state index < -0.39 is 0 Å². The maximum Gasteiger partial charge on any atom is 0.258 e. The number of anilines is 1. The molecular weight excluding hydrogens is 370 g/mol. The molecule has 1 aromatic rings. The van der Waals surface area contributed by atoms with Crippen LogP contribution in [-0.4, -0.2) is 67.5 Å². The molecule has 29 heavy (non-hydrogen) atoms. The van der Waals surface area contributed by atoms with Gasteiger partial charge in [-0.25, -0.2) is 0 Å². The van der Waals surface area contributed by atoms with E-state index in [9.17, 15) is 9.90 Å². The quantitative estimate of drug-likeness (QED) is 0.663. The molecule has 4 atom stereocenters. The number of hydrogen-bond donors (Lipinski definition) is 3. The minimum atomic E-state index is -0.334. The van der Waals surface area contributed by atoms with Gasteiger partial charge in [-0.1, -0.05) is 6.92 Å². The molecule has 0 unspecified atom stereocenters. The lowest BCUT2D eigenvalue weighted by Crippen LogP contribution is -2.47. The molecule has 7 heteroatoms. The van der Waals surface area contributed by atoms with Gasteiger partial charge in [-0.05, 0) is 58.4 Å². The number of carbonyl (C=O) groups excluding carboxylic acids is 1. The fraction of sp³-hybridized carbons (Fsp3) is 0.682. The number of aliphatic hydroxyl groups is 1. The zero-order valence-electron chi connectivity index (χ0n) is 18.2. The third-order valence-corrected chi connectivity index (χ3v) is 5.48. The average molecular weight is 408 g/mol. The van der Waals surface area contributed by atoms with Crippen LogP contribution >= 0.6 is 0 Å². The van der Waals surface area contributed by atoms with E-state index in [1.807, 2.05) is 20.9 Å². The van der Waals surface area contributed by atoms with E-state index in [4.69, 9.17) is 15.2 Å². The van der Waals surface area contributed by atoms with Crippen molar-refractivity contribution in [1.82, 2.24) is 10.2 Å². The number of aliphatic hydroxyl groups excluding tert-OH is 1. The van der Waals surface area contributed by atoms with Gasteiger partial charge in [-0.3, -0.25) is 4.79 Å². The number of rotatable bonds is 4. The summed E-state index contributed by atoms with van der Waals surface area (Å²) in [5.74, 6) is 0.445. The molecule has 1 aliphatic heterocycles. The Morgan fingerprint density at radius 3 is 2.79 bits per heavy atom. The summed E-state index contributed by atoms with van der Waals surface area (Å²) < 4.78 is 12.2. The van der Waals surface area contributed by atoms with Gasteiger partial charge < -0.3 is 30.5 Å². The molecule has 2 rings (SSSR count). The van der Waals surface area contributed by atoms with Gasteiger partial charge in [0.15, 0.2) is 0 Å². The van der Waals surface area contributed by atoms with E-state index in [1.54, 1.807) is 23.1 Å². The number of nitrogens with two attached hydrogens (primary N) is 1. The van der Waals surface area contributed by atoms with Crippen LogP contribution in [0, 0.1) is 5.92 Å². The molecule has 1 aliphatic rings. The first kappa shape index (κ1) is 23.4. The number of fused-ring (bicyclic) bond motifs is 1. The molecule has 0 saturated heterocycles. The first-order valence-corrected chi connectivity index (χ1v) is 10.6. The van der Waals surface area contributed by atoms with E-state index >= 15 is 0 Å². The van der Waals surface area contributed by atoms with Crippen molar-refractivity contribution in [1.29, 1.82) is 0 Å². The van der Waals surface area contributed by atoms with Crippen LogP contribution in [0.15, 0.2) is 18.2 Å². The Labute approximate surface area is 174 Å². The zero-order chi connectivity index (χ0) is 21.4. The van der Waals surface area contributed by atoms with Gasteiger partial charge in [0.25, 0.3) is 5.91 Å². The Hall–Kier alpha value is -1.83. The van der Waals surface area contributed by atoms with Crippen molar-refractivity contribution in [2.75, 3.05) is 39.1 Å². The number of nitrogen functional groups attached to an aromatic ring is 1. The van der Waals surface area contributed by atoms with Crippen molar-refractivity contribution in [2.45, 2.75) is 58.3 Å². The molecule has 0 saturated carbocycles. The normalized spacial score (nSPS) is 25.6. The lowest BCUT2D eigenvalue weighted by molar-refractivity contribution is -0.000449. The molecule has 0 bridgehead atoms. The van der Waals surface area contributed by atoms with Gasteiger partial charge in [0.05, 0.1) is 30.4 Å². The number of carbonyl (C=O) groups is 1. The second kappa shape index (κ2) is 11.4. The molecule has 0 fully saturated rings. The highest BCUT2D eigenvalue weighted by Crippen LogP contribution is 2.27. The zero-order valence-corrected chi connectivity index (χ0v) is 18.2. The predicted molar refractivity (Wildman–Crippen MR) is 115 cm³/mol. The molecule has 0 radical (unpaired) electrons. The summed E-state index contributed by atoms with van der Waals surface area (Å²) in [6.07, 6.45) is 2.80. The highest BCUT2D eigenvalue weighted by molar-refractivity contribution is 5.98. The average Bonchev–Trinajstić information content (AvgIpc) is 2.70. The van der Waals surface area contributed by atoms with E-state index in [2.05, 4.69) is 12.2 Å².